The quantitative estimate of drug-likeness (QED) is 0.749. The minimum absolute atomic E-state index is 0.0817. The third-order valence-corrected chi connectivity index (χ3v) is 3.47. The summed E-state index contributed by atoms with van der Waals surface area (Å²) in [6.07, 6.45) is 3.03. The highest BCUT2D eigenvalue weighted by atomic mass is 19.1. The average molecular weight is 283 g/mol. The Bertz CT molecular complexity index is 398. The minimum Gasteiger partial charge on any atom is -0.496 e. The number of ether oxygens (including phenoxy) is 2. The third kappa shape index (κ3) is 5.10. The van der Waals surface area contributed by atoms with Gasteiger partial charge in [0, 0.05) is 18.7 Å². The van der Waals surface area contributed by atoms with E-state index in [0.717, 1.165) is 37.1 Å². The van der Waals surface area contributed by atoms with Crippen LogP contribution in [0.2, 0.25) is 0 Å². The van der Waals surface area contributed by atoms with Crippen molar-refractivity contribution in [2.24, 2.45) is 0 Å². The summed E-state index contributed by atoms with van der Waals surface area (Å²) in [5, 5.41) is 3.46. The maximum absolute atomic E-state index is 13.5. The molecule has 1 aromatic rings. The van der Waals surface area contributed by atoms with Crippen LogP contribution in [-0.2, 0) is 4.74 Å². The van der Waals surface area contributed by atoms with E-state index >= 15 is 0 Å². The molecule has 0 aliphatic heterocycles. The van der Waals surface area contributed by atoms with Crippen molar-refractivity contribution >= 4 is 0 Å². The van der Waals surface area contributed by atoms with E-state index in [0.29, 0.717) is 0 Å². The van der Waals surface area contributed by atoms with Crippen LogP contribution in [0.4, 0.5) is 4.39 Å². The second kappa shape index (κ2) is 8.93. The lowest BCUT2D eigenvalue weighted by atomic mass is 9.99. The second-order valence-electron chi connectivity index (χ2n) is 5.02. The molecule has 0 bridgehead atoms. The van der Waals surface area contributed by atoms with Gasteiger partial charge in [-0.25, -0.2) is 4.39 Å². The van der Waals surface area contributed by atoms with E-state index in [2.05, 4.69) is 12.2 Å². The Kier molecular flexibility index (Phi) is 7.55. The lowest BCUT2D eigenvalue weighted by Crippen LogP contribution is -2.24. The van der Waals surface area contributed by atoms with Crippen molar-refractivity contribution in [3.8, 4) is 5.75 Å². The number of methoxy groups -OCH3 is 2. The topological polar surface area (TPSA) is 30.5 Å². The first-order valence-electron chi connectivity index (χ1n) is 7.22. The van der Waals surface area contributed by atoms with Crippen molar-refractivity contribution in [1.82, 2.24) is 5.32 Å². The Morgan fingerprint density at radius 2 is 2.00 bits per heavy atom. The van der Waals surface area contributed by atoms with Crippen LogP contribution in [0.25, 0.3) is 0 Å². The van der Waals surface area contributed by atoms with Gasteiger partial charge in [-0.1, -0.05) is 6.92 Å². The predicted octanol–water partition coefficient (Wildman–Crippen LogP) is 3.69. The second-order valence-corrected chi connectivity index (χ2v) is 5.02. The molecule has 2 unspecified atom stereocenters. The van der Waals surface area contributed by atoms with Crippen LogP contribution in [0.15, 0.2) is 18.2 Å². The first kappa shape index (κ1) is 16.9. The summed E-state index contributed by atoms with van der Waals surface area (Å²) in [5.74, 6) is 0.494. The van der Waals surface area contributed by atoms with Gasteiger partial charge in [-0.15, -0.1) is 0 Å². The summed E-state index contributed by atoms with van der Waals surface area (Å²) in [6, 6.07) is 4.75. The molecule has 4 heteroatoms. The van der Waals surface area contributed by atoms with E-state index < -0.39 is 0 Å². The molecule has 0 saturated heterocycles. The Balaban J connectivity index is 2.88. The molecule has 0 aliphatic carbocycles. The highest BCUT2D eigenvalue weighted by Crippen LogP contribution is 2.29. The molecule has 0 aliphatic rings. The molecule has 0 spiro atoms. The zero-order chi connectivity index (χ0) is 15.0. The van der Waals surface area contributed by atoms with Crippen molar-refractivity contribution < 1.29 is 13.9 Å². The van der Waals surface area contributed by atoms with Gasteiger partial charge < -0.3 is 14.8 Å². The summed E-state index contributed by atoms with van der Waals surface area (Å²) < 4.78 is 24.2. The maximum atomic E-state index is 13.5. The van der Waals surface area contributed by atoms with Crippen molar-refractivity contribution in [1.29, 1.82) is 0 Å². The molecule has 114 valence electrons. The van der Waals surface area contributed by atoms with Crippen molar-refractivity contribution in [3.05, 3.63) is 29.6 Å². The number of hydrogen-bond donors (Lipinski definition) is 1. The molecule has 0 amide bonds. The van der Waals surface area contributed by atoms with Gasteiger partial charge in [-0.05, 0) is 50.9 Å². The lowest BCUT2D eigenvalue weighted by Gasteiger charge is -2.22. The Labute approximate surface area is 121 Å². The fourth-order valence-electron chi connectivity index (χ4n) is 2.18. The van der Waals surface area contributed by atoms with E-state index in [-0.39, 0.29) is 18.0 Å². The molecule has 2 atom stereocenters. The molecule has 3 nitrogen and oxygen atoms in total. The van der Waals surface area contributed by atoms with Gasteiger partial charge in [-0.2, -0.15) is 0 Å². The number of nitrogens with one attached hydrogen (secondary N) is 1. The fourth-order valence-corrected chi connectivity index (χ4v) is 2.18. The van der Waals surface area contributed by atoms with Crippen molar-refractivity contribution in [3.63, 3.8) is 0 Å². The summed E-state index contributed by atoms with van der Waals surface area (Å²) in [7, 11) is 3.33. The largest absolute Gasteiger partial charge is 0.496 e. The van der Waals surface area contributed by atoms with Crippen LogP contribution < -0.4 is 10.1 Å². The summed E-state index contributed by atoms with van der Waals surface area (Å²) >= 11 is 0. The molecule has 1 N–H and O–H groups in total. The minimum atomic E-state index is -0.233. The molecule has 0 radical (unpaired) electrons. The Morgan fingerprint density at radius 3 is 2.60 bits per heavy atom. The smallest absolute Gasteiger partial charge is 0.123 e. The van der Waals surface area contributed by atoms with Gasteiger partial charge in [-0.3, -0.25) is 0 Å². The molecular weight excluding hydrogens is 257 g/mol. The monoisotopic (exact) mass is 283 g/mol. The Hall–Kier alpha value is -1.13. The van der Waals surface area contributed by atoms with E-state index in [1.54, 1.807) is 26.4 Å². The van der Waals surface area contributed by atoms with Gasteiger partial charge >= 0.3 is 0 Å². The van der Waals surface area contributed by atoms with Crippen LogP contribution in [0.5, 0.6) is 5.75 Å². The molecule has 0 saturated carbocycles. The van der Waals surface area contributed by atoms with Gasteiger partial charge in [0.05, 0.1) is 13.2 Å². The molecule has 0 fully saturated rings. The number of halogens is 1. The van der Waals surface area contributed by atoms with Crippen molar-refractivity contribution in [2.75, 3.05) is 20.8 Å². The van der Waals surface area contributed by atoms with E-state index in [1.165, 1.54) is 6.07 Å². The molecule has 0 heterocycles. The van der Waals surface area contributed by atoms with Crippen LogP contribution in [-0.4, -0.2) is 26.9 Å². The van der Waals surface area contributed by atoms with Crippen LogP contribution in [0.3, 0.4) is 0 Å². The average Bonchev–Trinajstić information content (AvgIpc) is 2.47. The summed E-state index contributed by atoms with van der Waals surface area (Å²) in [6.45, 7) is 5.05. The van der Waals surface area contributed by atoms with Crippen LogP contribution in [0, 0.1) is 5.82 Å². The predicted molar refractivity (Wildman–Crippen MR) is 79.7 cm³/mol. The van der Waals surface area contributed by atoms with Gasteiger partial charge in [0.2, 0.25) is 0 Å². The molecule has 1 rings (SSSR count). The third-order valence-electron chi connectivity index (χ3n) is 3.47. The van der Waals surface area contributed by atoms with Crippen LogP contribution >= 0.6 is 0 Å². The molecular formula is C16H26FNO2. The summed E-state index contributed by atoms with van der Waals surface area (Å²) in [4.78, 5) is 0. The van der Waals surface area contributed by atoms with Gasteiger partial charge in [0.25, 0.3) is 0 Å². The molecule has 0 aromatic heterocycles. The number of hydrogen-bond acceptors (Lipinski definition) is 3. The molecule has 1 aromatic carbocycles. The van der Waals surface area contributed by atoms with E-state index in [4.69, 9.17) is 9.47 Å². The summed E-state index contributed by atoms with van der Waals surface area (Å²) in [5.41, 5.74) is 0.879. The fraction of sp³-hybridized carbons (Fsp3) is 0.625. The van der Waals surface area contributed by atoms with E-state index in [1.807, 2.05) is 6.92 Å². The van der Waals surface area contributed by atoms with Gasteiger partial charge in [0.15, 0.2) is 0 Å². The SMILES string of the molecule is CCCNC(CCC(C)OC)c1cc(F)ccc1OC. The molecule has 20 heavy (non-hydrogen) atoms. The van der Waals surface area contributed by atoms with Crippen molar-refractivity contribution in [2.45, 2.75) is 45.3 Å². The van der Waals surface area contributed by atoms with Gasteiger partial charge in [0.1, 0.15) is 11.6 Å². The van der Waals surface area contributed by atoms with E-state index in [9.17, 15) is 4.39 Å². The normalized spacial score (nSPS) is 14.1. The number of benzene rings is 1. The maximum Gasteiger partial charge on any atom is 0.123 e. The highest BCUT2D eigenvalue weighted by molar-refractivity contribution is 5.36. The zero-order valence-electron chi connectivity index (χ0n) is 12.9. The van der Waals surface area contributed by atoms with Crippen LogP contribution in [0.1, 0.15) is 44.7 Å². The standard InChI is InChI=1S/C16H26FNO2/c1-5-10-18-15(8-6-12(2)19-3)14-11-13(17)7-9-16(14)20-4/h7,9,11-12,15,18H,5-6,8,10H2,1-4H3. The number of rotatable bonds is 9. The Morgan fingerprint density at radius 1 is 1.25 bits per heavy atom. The first-order valence-corrected chi connectivity index (χ1v) is 7.22. The lowest BCUT2D eigenvalue weighted by molar-refractivity contribution is 0.106. The first-order chi connectivity index (χ1) is 9.62. The zero-order valence-corrected chi connectivity index (χ0v) is 12.9. The highest BCUT2D eigenvalue weighted by Gasteiger charge is 2.17.